The number of guanidine groups is 1. The van der Waals surface area contributed by atoms with Crippen molar-refractivity contribution in [3.05, 3.63) is 46.2 Å². The number of aliphatic imine (C=N–C) groups is 1. The van der Waals surface area contributed by atoms with Crippen LogP contribution in [0.1, 0.15) is 10.4 Å². The van der Waals surface area contributed by atoms with E-state index in [2.05, 4.69) is 45.8 Å². The van der Waals surface area contributed by atoms with Gasteiger partial charge in [0.2, 0.25) is 0 Å². The molecule has 0 saturated heterocycles. The third kappa shape index (κ3) is 5.67. The third-order valence-corrected chi connectivity index (χ3v) is 4.93. The zero-order chi connectivity index (χ0) is 18.1. The lowest BCUT2D eigenvalue weighted by Crippen LogP contribution is -2.40. The fourth-order valence-corrected chi connectivity index (χ4v) is 3.28. The first kappa shape index (κ1) is 19.1. The molecule has 0 atom stereocenters. The Hall–Kier alpha value is -2.21. The van der Waals surface area contributed by atoms with Crippen molar-refractivity contribution in [2.75, 3.05) is 41.4 Å². The first-order chi connectivity index (χ1) is 12.2. The Morgan fingerprint density at radius 2 is 1.96 bits per heavy atom. The van der Waals surface area contributed by atoms with Crippen molar-refractivity contribution < 1.29 is 9.47 Å². The molecule has 0 radical (unpaired) electrons. The van der Waals surface area contributed by atoms with Gasteiger partial charge >= 0.3 is 0 Å². The van der Waals surface area contributed by atoms with Gasteiger partial charge in [0.05, 0.1) is 14.2 Å². The van der Waals surface area contributed by atoms with Gasteiger partial charge in [-0.3, -0.25) is 4.99 Å². The summed E-state index contributed by atoms with van der Waals surface area (Å²) in [4.78, 5) is 7.93. The monoisotopic (exact) mass is 361 g/mol. The van der Waals surface area contributed by atoms with Gasteiger partial charge in [0.25, 0.3) is 0 Å². The Balaban J connectivity index is 1.82. The number of hydrogen-bond donors (Lipinski definition) is 1. The minimum Gasteiger partial charge on any atom is -0.493 e. The Morgan fingerprint density at radius 3 is 2.60 bits per heavy atom. The Morgan fingerprint density at radius 1 is 1.16 bits per heavy atom. The molecule has 136 valence electrons. The van der Waals surface area contributed by atoms with E-state index in [1.165, 1.54) is 10.4 Å². The fraction of sp³-hybridized carbons (Fsp3) is 0.421. The predicted molar refractivity (Wildman–Crippen MR) is 105 cm³/mol. The van der Waals surface area contributed by atoms with E-state index < -0.39 is 0 Å². The molecule has 0 fully saturated rings. The van der Waals surface area contributed by atoms with Crippen LogP contribution < -0.4 is 14.8 Å². The fourth-order valence-electron chi connectivity index (χ4n) is 2.58. The average Bonchev–Trinajstić information content (AvgIpc) is 3.16. The van der Waals surface area contributed by atoms with Crippen LogP contribution in [0.25, 0.3) is 0 Å². The molecule has 2 rings (SSSR count). The van der Waals surface area contributed by atoms with Gasteiger partial charge in [0.15, 0.2) is 17.5 Å². The molecule has 25 heavy (non-hydrogen) atoms. The number of thiophene rings is 1. The highest BCUT2D eigenvalue weighted by atomic mass is 32.1. The summed E-state index contributed by atoms with van der Waals surface area (Å²) < 4.78 is 10.6. The maximum atomic E-state index is 5.35. The highest BCUT2D eigenvalue weighted by Crippen LogP contribution is 2.27. The summed E-state index contributed by atoms with van der Waals surface area (Å²) in [6.07, 6.45) is 1.92. The quantitative estimate of drug-likeness (QED) is 0.580. The standard InChI is InChI=1S/C19H27N3O2S/c1-20-19(22(2)12-10-16-6-5-13-25-16)21-11-9-15-7-8-17(23-3)18(14-15)24-4/h5-8,13-14H,9-12H2,1-4H3,(H,20,21). The van der Waals surface area contributed by atoms with Crippen molar-refractivity contribution in [1.82, 2.24) is 10.2 Å². The van der Waals surface area contributed by atoms with Gasteiger partial charge in [0, 0.05) is 32.1 Å². The number of nitrogens with zero attached hydrogens (tertiary/aromatic N) is 2. The summed E-state index contributed by atoms with van der Waals surface area (Å²) in [6.45, 7) is 1.75. The van der Waals surface area contributed by atoms with Gasteiger partial charge < -0.3 is 19.7 Å². The molecular formula is C19H27N3O2S. The van der Waals surface area contributed by atoms with Crippen LogP contribution >= 0.6 is 11.3 Å². The molecule has 2 aromatic rings. The summed E-state index contributed by atoms with van der Waals surface area (Å²) in [7, 11) is 7.19. The van der Waals surface area contributed by atoms with Crippen LogP contribution in [0.5, 0.6) is 11.5 Å². The summed E-state index contributed by atoms with van der Waals surface area (Å²) in [6, 6.07) is 10.3. The maximum Gasteiger partial charge on any atom is 0.193 e. The van der Waals surface area contributed by atoms with Gasteiger partial charge in [0.1, 0.15) is 0 Å². The van der Waals surface area contributed by atoms with E-state index in [9.17, 15) is 0 Å². The maximum absolute atomic E-state index is 5.35. The lowest BCUT2D eigenvalue weighted by Gasteiger charge is -2.22. The van der Waals surface area contributed by atoms with Crippen LogP contribution in [0.15, 0.2) is 40.7 Å². The molecule has 0 amide bonds. The number of nitrogens with one attached hydrogen (secondary N) is 1. The second-order valence-electron chi connectivity index (χ2n) is 5.66. The van der Waals surface area contributed by atoms with Gasteiger partial charge in [-0.05, 0) is 42.0 Å². The molecule has 1 heterocycles. The summed E-state index contributed by atoms with van der Waals surface area (Å²) >= 11 is 1.80. The molecule has 0 bridgehead atoms. The number of ether oxygens (including phenoxy) is 2. The van der Waals surface area contributed by atoms with Crippen LogP contribution in [0, 0.1) is 0 Å². The van der Waals surface area contributed by atoms with Crippen LogP contribution in [-0.4, -0.2) is 52.3 Å². The van der Waals surface area contributed by atoms with E-state index in [0.717, 1.165) is 43.4 Å². The first-order valence-corrected chi connectivity index (χ1v) is 9.21. The molecule has 6 heteroatoms. The van der Waals surface area contributed by atoms with E-state index in [1.807, 2.05) is 19.2 Å². The minimum atomic E-state index is 0.753. The number of rotatable bonds is 8. The van der Waals surface area contributed by atoms with Gasteiger partial charge in [-0.15, -0.1) is 11.3 Å². The lowest BCUT2D eigenvalue weighted by atomic mass is 10.1. The third-order valence-electron chi connectivity index (χ3n) is 3.99. The van der Waals surface area contributed by atoms with Gasteiger partial charge in [-0.2, -0.15) is 0 Å². The molecule has 0 spiro atoms. The molecule has 1 aromatic carbocycles. The number of likely N-dealkylation sites (N-methyl/N-ethyl adjacent to an activating group) is 1. The van der Waals surface area contributed by atoms with Crippen LogP contribution in [-0.2, 0) is 12.8 Å². The Bertz CT molecular complexity index is 671. The normalized spacial score (nSPS) is 11.3. The first-order valence-electron chi connectivity index (χ1n) is 8.33. The Labute approximate surface area is 154 Å². The van der Waals surface area contributed by atoms with E-state index in [-0.39, 0.29) is 0 Å². The Kier molecular flexibility index (Phi) is 7.60. The van der Waals surface area contributed by atoms with E-state index in [0.29, 0.717) is 0 Å². The average molecular weight is 362 g/mol. The van der Waals surface area contributed by atoms with Gasteiger partial charge in [-0.25, -0.2) is 0 Å². The molecule has 5 nitrogen and oxygen atoms in total. The topological polar surface area (TPSA) is 46.1 Å². The summed E-state index contributed by atoms with van der Waals surface area (Å²) in [5, 5.41) is 5.54. The molecule has 0 aliphatic carbocycles. The molecule has 0 unspecified atom stereocenters. The van der Waals surface area contributed by atoms with Crippen molar-refractivity contribution in [2.24, 2.45) is 4.99 Å². The highest BCUT2D eigenvalue weighted by molar-refractivity contribution is 7.09. The van der Waals surface area contributed by atoms with Gasteiger partial charge in [-0.1, -0.05) is 12.1 Å². The molecule has 1 aromatic heterocycles. The minimum absolute atomic E-state index is 0.753. The molecule has 1 N–H and O–H groups in total. The zero-order valence-corrected chi connectivity index (χ0v) is 16.2. The van der Waals surface area contributed by atoms with E-state index in [1.54, 1.807) is 25.6 Å². The van der Waals surface area contributed by atoms with Crippen LogP contribution in [0.2, 0.25) is 0 Å². The van der Waals surface area contributed by atoms with Crippen molar-refractivity contribution in [3.63, 3.8) is 0 Å². The van der Waals surface area contributed by atoms with E-state index >= 15 is 0 Å². The zero-order valence-electron chi connectivity index (χ0n) is 15.4. The number of benzene rings is 1. The van der Waals surface area contributed by atoms with Crippen LogP contribution in [0.4, 0.5) is 0 Å². The van der Waals surface area contributed by atoms with Crippen molar-refractivity contribution in [3.8, 4) is 11.5 Å². The second kappa shape index (κ2) is 9.93. The summed E-state index contributed by atoms with van der Waals surface area (Å²) in [5.74, 6) is 2.43. The molecular weight excluding hydrogens is 334 g/mol. The van der Waals surface area contributed by atoms with Crippen molar-refractivity contribution in [1.29, 1.82) is 0 Å². The van der Waals surface area contributed by atoms with Crippen molar-refractivity contribution >= 4 is 17.3 Å². The van der Waals surface area contributed by atoms with Crippen molar-refractivity contribution in [2.45, 2.75) is 12.8 Å². The molecule has 0 aliphatic heterocycles. The molecule has 0 saturated carbocycles. The number of methoxy groups -OCH3 is 2. The molecule has 0 aliphatic rings. The largest absolute Gasteiger partial charge is 0.493 e. The SMILES string of the molecule is CN=C(NCCc1ccc(OC)c(OC)c1)N(C)CCc1cccs1. The predicted octanol–water partition coefficient (Wildman–Crippen LogP) is 3.06. The number of hydrogen-bond acceptors (Lipinski definition) is 4. The summed E-state index contributed by atoms with van der Waals surface area (Å²) in [5.41, 5.74) is 1.20. The lowest BCUT2D eigenvalue weighted by molar-refractivity contribution is 0.354. The van der Waals surface area contributed by atoms with Crippen LogP contribution in [0.3, 0.4) is 0 Å². The van der Waals surface area contributed by atoms with E-state index in [4.69, 9.17) is 9.47 Å². The highest BCUT2D eigenvalue weighted by Gasteiger charge is 2.07. The second-order valence-corrected chi connectivity index (χ2v) is 6.70. The smallest absolute Gasteiger partial charge is 0.193 e.